The molecule has 0 unspecified atom stereocenters. The third kappa shape index (κ3) is 1.78. The highest BCUT2D eigenvalue weighted by Crippen LogP contribution is 2.02. The van der Waals surface area contributed by atoms with Crippen molar-refractivity contribution in [2.75, 3.05) is 0 Å². The van der Waals surface area contributed by atoms with Gasteiger partial charge >= 0.3 is 5.97 Å². The van der Waals surface area contributed by atoms with E-state index in [9.17, 15) is 4.79 Å². The molecule has 1 aromatic rings. The molecule has 0 saturated carbocycles. The second-order valence-electron chi connectivity index (χ2n) is 2.07. The number of carboxylic acid groups (broad SMARTS) is 1. The van der Waals surface area contributed by atoms with E-state index in [1.54, 1.807) is 0 Å². The van der Waals surface area contributed by atoms with E-state index in [0.717, 1.165) is 0 Å². The molecule has 0 heterocycles. The molecule has 3 nitrogen and oxygen atoms in total. The number of hydrogen-bond acceptors (Lipinski definition) is 2. The molecule has 3 heteroatoms. The van der Waals surface area contributed by atoms with Crippen molar-refractivity contribution in [3.05, 3.63) is 35.4 Å². The Morgan fingerprint density at radius 2 is 2.27 bits per heavy atom. The van der Waals surface area contributed by atoms with Crippen molar-refractivity contribution >= 4 is 5.97 Å². The van der Waals surface area contributed by atoms with Gasteiger partial charge in [-0.3, -0.25) is 0 Å². The molecule has 0 fully saturated rings. The van der Waals surface area contributed by atoms with Crippen molar-refractivity contribution in [1.82, 2.24) is 0 Å². The van der Waals surface area contributed by atoms with Gasteiger partial charge in [0.1, 0.15) is 0 Å². The van der Waals surface area contributed by atoms with Crippen LogP contribution >= 0.6 is 0 Å². The van der Waals surface area contributed by atoms with Crippen LogP contribution in [0.1, 0.15) is 15.9 Å². The monoisotopic (exact) mass is 151 g/mol. The number of benzene rings is 1. The highest BCUT2D eigenvalue weighted by atomic mass is 16.4. The SMILES string of the molecule is O=C(O)c1c[c]c(CO)cc1. The number of carboxylic acids is 1. The summed E-state index contributed by atoms with van der Waals surface area (Å²) in [4.78, 5) is 10.3. The number of aliphatic hydroxyl groups excluding tert-OH is 1. The number of aliphatic hydroxyl groups is 1. The molecule has 1 aromatic carbocycles. The maximum atomic E-state index is 10.3. The fraction of sp³-hybridized carbons (Fsp3) is 0.125. The molecule has 1 rings (SSSR count). The lowest BCUT2D eigenvalue weighted by molar-refractivity contribution is 0.0697. The van der Waals surface area contributed by atoms with Crippen molar-refractivity contribution in [3.63, 3.8) is 0 Å². The van der Waals surface area contributed by atoms with Crippen LogP contribution in [0.4, 0.5) is 0 Å². The summed E-state index contributed by atoms with van der Waals surface area (Å²) in [7, 11) is 0. The predicted octanol–water partition coefficient (Wildman–Crippen LogP) is 0.677. The van der Waals surface area contributed by atoms with Crippen LogP contribution in [0.3, 0.4) is 0 Å². The van der Waals surface area contributed by atoms with Crippen LogP contribution < -0.4 is 0 Å². The van der Waals surface area contributed by atoms with Gasteiger partial charge in [-0.1, -0.05) is 6.07 Å². The van der Waals surface area contributed by atoms with Crippen molar-refractivity contribution in [3.8, 4) is 0 Å². The number of aromatic carboxylic acids is 1. The molecule has 0 aliphatic carbocycles. The van der Waals surface area contributed by atoms with E-state index in [-0.39, 0.29) is 12.2 Å². The lowest BCUT2D eigenvalue weighted by Gasteiger charge is -1.95. The molecule has 1 radical (unpaired) electrons. The van der Waals surface area contributed by atoms with E-state index in [2.05, 4.69) is 6.07 Å². The molecule has 2 N–H and O–H groups in total. The van der Waals surface area contributed by atoms with Gasteiger partial charge in [0.25, 0.3) is 0 Å². The lowest BCUT2D eigenvalue weighted by Crippen LogP contribution is -1.95. The highest BCUT2D eigenvalue weighted by Gasteiger charge is 2.00. The molecular formula is C8H7O3. The van der Waals surface area contributed by atoms with E-state index in [1.807, 2.05) is 0 Å². The van der Waals surface area contributed by atoms with E-state index < -0.39 is 5.97 Å². The molecule has 0 aliphatic rings. The van der Waals surface area contributed by atoms with E-state index in [1.165, 1.54) is 18.2 Å². The maximum Gasteiger partial charge on any atom is 0.335 e. The first kappa shape index (κ1) is 7.75. The fourth-order valence-corrected chi connectivity index (χ4v) is 0.688. The standard InChI is InChI=1S/C8H7O3/c9-5-6-1-3-7(4-2-6)8(10)11/h1,3-4,9H,5H2,(H,10,11). The maximum absolute atomic E-state index is 10.3. The van der Waals surface area contributed by atoms with Crippen molar-refractivity contribution in [2.24, 2.45) is 0 Å². The molecule has 57 valence electrons. The Bertz CT molecular complexity index is 251. The smallest absolute Gasteiger partial charge is 0.335 e. The predicted molar refractivity (Wildman–Crippen MR) is 38.2 cm³/mol. The summed E-state index contributed by atoms with van der Waals surface area (Å²) in [5.41, 5.74) is 0.775. The molecule has 0 bridgehead atoms. The third-order valence-corrected chi connectivity index (χ3v) is 1.29. The fourth-order valence-electron chi connectivity index (χ4n) is 0.688. The molecule has 0 atom stereocenters. The Morgan fingerprint density at radius 3 is 2.64 bits per heavy atom. The first-order chi connectivity index (χ1) is 5.24. The average molecular weight is 151 g/mol. The van der Waals surface area contributed by atoms with Crippen LogP contribution in [-0.2, 0) is 6.61 Å². The van der Waals surface area contributed by atoms with Gasteiger partial charge in [0.05, 0.1) is 12.2 Å². The molecule has 0 aromatic heterocycles. The first-order valence-electron chi connectivity index (χ1n) is 3.09. The number of carbonyl (C=O) groups is 1. The molecule has 0 aliphatic heterocycles. The molecule has 11 heavy (non-hydrogen) atoms. The molecule has 0 amide bonds. The van der Waals surface area contributed by atoms with Crippen LogP contribution in [0.2, 0.25) is 0 Å². The second-order valence-corrected chi connectivity index (χ2v) is 2.07. The summed E-state index contributed by atoms with van der Waals surface area (Å²) in [6.07, 6.45) is 0. The van der Waals surface area contributed by atoms with Crippen LogP contribution in [0.25, 0.3) is 0 Å². The summed E-state index contributed by atoms with van der Waals surface area (Å²) >= 11 is 0. The van der Waals surface area contributed by atoms with Crippen LogP contribution in [-0.4, -0.2) is 16.2 Å². The largest absolute Gasteiger partial charge is 0.478 e. The van der Waals surface area contributed by atoms with E-state index in [4.69, 9.17) is 10.2 Å². The Kier molecular flexibility index (Phi) is 2.23. The van der Waals surface area contributed by atoms with Crippen molar-refractivity contribution < 1.29 is 15.0 Å². The number of rotatable bonds is 2. The zero-order chi connectivity index (χ0) is 8.27. The van der Waals surface area contributed by atoms with Gasteiger partial charge in [-0.2, -0.15) is 0 Å². The van der Waals surface area contributed by atoms with Crippen molar-refractivity contribution in [1.29, 1.82) is 0 Å². The van der Waals surface area contributed by atoms with Crippen LogP contribution in [0.15, 0.2) is 18.2 Å². The van der Waals surface area contributed by atoms with Gasteiger partial charge in [0, 0.05) is 0 Å². The van der Waals surface area contributed by atoms with E-state index in [0.29, 0.717) is 5.56 Å². The summed E-state index contributed by atoms with van der Waals surface area (Å²) in [6, 6.07) is 6.94. The quantitative estimate of drug-likeness (QED) is 0.653. The van der Waals surface area contributed by atoms with E-state index >= 15 is 0 Å². The third-order valence-electron chi connectivity index (χ3n) is 1.29. The Balaban J connectivity index is 2.91. The van der Waals surface area contributed by atoms with Crippen molar-refractivity contribution in [2.45, 2.75) is 6.61 Å². The minimum absolute atomic E-state index is 0.111. The molecule has 0 saturated heterocycles. The summed E-state index contributed by atoms with van der Waals surface area (Å²) in [5.74, 6) is -0.981. The summed E-state index contributed by atoms with van der Waals surface area (Å²) in [6.45, 7) is -0.111. The zero-order valence-electron chi connectivity index (χ0n) is 5.74. The highest BCUT2D eigenvalue weighted by molar-refractivity contribution is 5.87. The van der Waals surface area contributed by atoms with Gasteiger partial charge in [0.15, 0.2) is 0 Å². The summed E-state index contributed by atoms with van der Waals surface area (Å²) in [5, 5.41) is 17.1. The van der Waals surface area contributed by atoms with Gasteiger partial charge in [-0.15, -0.1) is 0 Å². The van der Waals surface area contributed by atoms with Gasteiger partial charge in [-0.25, -0.2) is 4.79 Å². The molecule has 0 spiro atoms. The van der Waals surface area contributed by atoms with Crippen LogP contribution in [0.5, 0.6) is 0 Å². The molecular weight excluding hydrogens is 144 g/mol. The average Bonchev–Trinajstić information content (AvgIpc) is 2.05. The second kappa shape index (κ2) is 3.16. The summed E-state index contributed by atoms with van der Waals surface area (Å²) < 4.78 is 0. The first-order valence-corrected chi connectivity index (χ1v) is 3.09. The minimum Gasteiger partial charge on any atom is -0.478 e. The Hall–Kier alpha value is -1.35. The number of hydrogen-bond donors (Lipinski definition) is 2. The normalized spacial score (nSPS) is 9.55. The topological polar surface area (TPSA) is 57.5 Å². The Morgan fingerprint density at radius 1 is 1.55 bits per heavy atom. The van der Waals surface area contributed by atoms with Gasteiger partial charge in [-0.05, 0) is 23.8 Å². The Labute approximate surface area is 63.9 Å². The minimum atomic E-state index is -0.981. The lowest BCUT2D eigenvalue weighted by atomic mass is 10.1. The zero-order valence-corrected chi connectivity index (χ0v) is 5.74. The van der Waals surface area contributed by atoms with Gasteiger partial charge < -0.3 is 10.2 Å². The van der Waals surface area contributed by atoms with Gasteiger partial charge in [0.2, 0.25) is 0 Å². The van der Waals surface area contributed by atoms with Crippen LogP contribution in [0, 0.1) is 6.07 Å².